The molecule has 0 bridgehead atoms. The molecule has 0 spiro atoms. The fourth-order valence-corrected chi connectivity index (χ4v) is 2.51. The summed E-state index contributed by atoms with van der Waals surface area (Å²) in [6, 6.07) is 0. The SMILES string of the molecule is FC(F)(F)c1nnc2n1N=C(N1CCCCC1)CC2. The van der Waals surface area contributed by atoms with Crippen LogP contribution in [0.5, 0.6) is 0 Å². The molecular weight excluding hydrogens is 259 g/mol. The second kappa shape index (κ2) is 4.50. The molecule has 8 heteroatoms. The van der Waals surface area contributed by atoms with E-state index in [1.165, 1.54) is 6.42 Å². The summed E-state index contributed by atoms with van der Waals surface area (Å²) in [4.78, 5) is 2.08. The quantitative estimate of drug-likeness (QED) is 0.725. The molecule has 0 saturated carbocycles. The molecule has 5 nitrogen and oxygen atoms in total. The van der Waals surface area contributed by atoms with Gasteiger partial charge in [-0.05, 0) is 19.3 Å². The van der Waals surface area contributed by atoms with Gasteiger partial charge in [0.05, 0.1) is 0 Å². The Hall–Kier alpha value is -1.60. The first-order valence-electron chi connectivity index (χ1n) is 6.40. The maximum atomic E-state index is 12.8. The van der Waals surface area contributed by atoms with Crippen molar-refractivity contribution < 1.29 is 13.2 Å². The highest BCUT2D eigenvalue weighted by atomic mass is 19.4. The Morgan fingerprint density at radius 2 is 1.68 bits per heavy atom. The minimum atomic E-state index is -4.51. The van der Waals surface area contributed by atoms with Crippen LogP contribution in [-0.4, -0.2) is 38.7 Å². The monoisotopic (exact) mass is 273 g/mol. The van der Waals surface area contributed by atoms with Crippen molar-refractivity contribution >= 4 is 5.84 Å². The highest BCUT2D eigenvalue weighted by Gasteiger charge is 2.39. The standard InChI is InChI=1S/C11H14F3N5/c12-11(13,14)10-16-15-8-4-5-9(17-19(8)10)18-6-2-1-3-7-18/h1-7H2. The normalized spacial score (nSPS) is 20.2. The Kier molecular flexibility index (Phi) is 2.94. The number of rotatable bonds is 0. The van der Waals surface area contributed by atoms with E-state index in [1.807, 2.05) is 0 Å². The molecule has 2 aliphatic rings. The highest BCUT2D eigenvalue weighted by molar-refractivity contribution is 5.83. The van der Waals surface area contributed by atoms with E-state index in [-0.39, 0.29) is 5.82 Å². The summed E-state index contributed by atoms with van der Waals surface area (Å²) >= 11 is 0. The maximum Gasteiger partial charge on any atom is 0.453 e. The van der Waals surface area contributed by atoms with Gasteiger partial charge in [0, 0.05) is 25.9 Å². The molecule has 1 saturated heterocycles. The molecule has 1 aromatic rings. The van der Waals surface area contributed by atoms with Crippen LogP contribution in [0.2, 0.25) is 0 Å². The van der Waals surface area contributed by atoms with Gasteiger partial charge in [-0.2, -0.15) is 22.9 Å². The van der Waals surface area contributed by atoms with E-state index >= 15 is 0 Å². The van der Waals surface area contributed by atoms with E-state index in [0.717, 1.165) is 36.4 Å². The summed E-state index contributed by atoms with van der Waals surface area (Å²) < 4.78 is 39.2. The molecule has 1 fully saturated rings. The van der Waals surface area contributed by atoms with Gasteiger partial charge in [0.25, 0.3) is 5.82 Å². The van der Waals surface area contributed by atoms with E-state index in [9.17, 15) is 13.2 Å². The third-order valence-electron chi connectivity index (χ3n) is 3.47. The van der Waals surface area contributed by atoms with Crippen molar-refractivity contribution in [1.82, 2.24) is 19.8 Å². The third kappa shape index (κ3) is 2.31. The number of hydrogen-bond acceptors (Lipinski definition) is 4. The van der Waals surface area contributed by atoms with Crippen LogP contribution in [0.4, 0.5) is 13.2 Å². The summed E-state index contributed by atoms with van der Waals surface area (Å²) in [6.07, 6.45) is -0.108. The minimum Gasteiger partial charge on any atom is -0.359 e. The van der Waals surface area contributed by atoms with E-state index in [4.69, 9.17) is 0 Å². The lowest BCUT2D eigenvalue weighted by molar-refractivity contribution is -0.147. The van der Waals surface area contributed by atoms with Crippen molar-refractivity contribution in [3.05, 3.63) is 11.6 Å². The summed E-state index contributed by atoms with van der Waals surface area (Å²) in [5.74, 6) is -0.0257. The maximum absolute atomic E-state index is 12.8. The molecule has 3 rings (SSSR count). The number of hydrogen-bond donors (Lipinski definition) is 0. The van der Waals surface area contributed by atoms with Gasteiger partial charge < -0.3 is 4.90 Å². The van der Waals surface area contributed by atoms with Crippen LogP contribution >= 0.6 is 0 Å². The largest absolute Gasteiger partial charge is 0.453 e. The second-order valence-electron chi connectivity index (χ2n) is 4.81. The van der Waals surface area contributed by atoms with Crippen molar-refractivity contribution in [2.75, 3.05) is 13.1 Å². The van der Waals surface area contributed by atoms with E-state index in [1.54, 1.807) is 0 Å². The van der Waals surface area contributed by atoms with Crippen LogP contribution in [-0.2, 0) is 12.6 Å². The lowest BCUT2D eigenvalue weighted by Gasteiger charge is -2.31. The van der Waals surface area contributed by atoms with Crippen LogP contribution in [0, 0.1) is 0 Å². The predicted octanol–water partition coefficient (Wildman–Crippen LogP) is 1.89. The lowest BCUT2D eigenvalue weighted by atomic mass is 10.1. The highest BCUT2D eigenvalue weighted by Crippen LogP contribution is 2.29. The molecule has 0 aliphatic carbocycles. The number of amidine groups is 1. The molecule has 0 radical (unpaired) electrons. The molecule has 2 aliphatic heterocycles. The molecule has 3 heterocycles. The van der Waals surface area contributed by atoms with Crippen LogP contribution in [0.25, 0.3) is 0 Å². The van der Waals surface area contributed by atoms with Crippen molar-refractivity contribution in [3.63, 3.8) is 0 Å². The smallest absolute Gasteiger partial charge is 0.359 e. The number of likely N-dealkylation sites (tertiary alicyclic amines) is 1. The minimum absolute atomic E-state index is 0.285. The Labute approximate surface area is 108 Å². The van der Waals surface area contributed by atoms with Gasteiger partial charge in [-0.25, -0.2) is 0 Å². The summed E-state index contributed by atoms with van der Waals surface area (Å²) in [5.41, 5.74) is 0. The summed E-state index contributed by atoms with van der Waals surface area (Å²) in [5, 5.41) is 10.9. The van der Waals surface area contributed by atoms with Crippen LogP contribution in [0.1, 0.15) is 37.3 Å². The summed E-state index contributed by atoms with van der Waals surface area (Å²) in [7, 11) is 0. The van der Waals surface area contributed by atoms with Crippen molar-refractivity contribution in [1.29, 1.82) is 0 Å². The zero-order valence-corrected chi connectivity index (χ0v) is 10.3. The Morgan fingerprint density at radius 3 is 2.37 bits per heavy atom. The molecule has 1 aromatic heterocycles. The molecule has 0 N–H and O–H groups in total. The molecule has 0 amide bonds. The topological polar surface area (TPSA) is 46.3 Å². The fourth-order valence-electron chi connectivity index (χ4n) is 2.51. The predicted molar refractivity (Wildman–Crippen MR) is 61.6 cm³/mol. The molecule has 0 aromatic carbocycles. The first-order valence-corrected chi connectivity index (χ1v) is 6.40. The zero-order valence-electron chi connectivity index (χ0n) is 10.3. The van der Waals surface area contributed by atoms with E-state index < -0.39 is 12.0 Å². The van der Waals surface area contributed by atoms with Crippen molar-refractivity contribution in [3.8, 4) is 0 Å². The van der Waals surface area contributed by atoms with Crippen molar-refractivity contribution in [2.45, 2.75) is 38.3 Å². The van der Waals surface area contributed by atoms with Gasteiger partial charge in [-0.15, -0.1) is 10.2 Å². The number of piperidine rings is 1. The number of aromatic nitrogens is 3. The number of nitrogens with zero attached hydrogens (tertiary/aromatic N) is 5. The second-order valence-corrected chi connectivity index (χ2v) is 4.81. The Balaban J connectivity index is 1.92. The molecule has 104 valence electrons. The fraction of sp³-hybridized carbons (Fsp3) is 0.727. The average Bonchev–Trinajstić information content (AvgIpc) is 2.82. The first kappa shape index (κ1) is 12.4. The van der Waals surface area contributed by atoms with Gasteiger partial charge in [-0.3, -0.25) is 0 Å². The van der Waals surface area contributed by atoms with Crippen LogP contribution < -0.4 is 0 Å². The number of alkyl halides is 3. The number of halogens is 3. The van der Waals surface area contributed by atoms with E-state index in [2.05, 4.69) is 20.2 Å². The first-order chi connectivity index (χ1) is 9.05. The molecule has 0 atom stereocenters. The molecular formula is C11H14F3N5. The molecule has 0 unspecified atom stereocenters. The Morgan fingerprint density at radius 1 is 0.947 bits per heavy atom. The lowest BCUT2D eigenvalue weighted by Crippen LogP contribution is -2.38. The van der Waals surface area contributed by atoms with Gasteiger partial charge >= 0.3 is 6.18 Å². The van der Waals surface area contributed by atoms with E-state index in [0.29, 0.717) is 12.8 Å². The Bertz CT molecular complexity index is 499. The van der Waals surface area contributed by atoms with Gasteiger partial charge in [0.15, 0.2) is 5.82 Å². The number of fused-ring (bicyclic) bond motifs is 1. The van der Waals surface area contributed by atoms with Crippen LogP contribution in [0.15, 0.2) is 5.10 Å². The van der Waals surface area contributed by atoms with Crippen LogP contribution in [0.3, 0.4) is 0 Å². The van der Waals surface area contributed by atoms with Gasteiger partial charge in [-0.1, -0.05) is 0 Å². The van der Waals surface area contributed by atoms with Gasteiger partial charge in [0.1, 0.15) is 5.84 Å². The zero-order chi connectivity index (χ0) is 13.5. The third-order valence-corrected chi connectivity index (χ3v) is 3.47. The number of aryl methyl sites for hydroxylation is 1. The molecule has 19 heavy (non-hydrogen) atoms. The average molecular weight is 273 g/mol. The van der Waals surface area contributed by atoms with Crippen molar-refractivity contribution in [2.24, 2.45) is 5.10 Å². The van der Waals surface area contributed by atoms with Gasteiger partial charge in [0.2, 0.25) is 0 Å². The summed E-state index contributed by atoms with van der Waals surface area (Å²) in [6.45, 7) is 1.75.